The number of rotatable bonds is 5. The lowest BCUT2D eigenvalue weighted by molar-refractivity contribution is 0.122. The number of aliphatic hydroxyl groups excluding tert-OH is 1. The maximum absolute atomic E-state index is 10.4. The number of aliphatic hydroxyl groups is 1. The molecule has 8 nitrogen and oxygen atoms in total. The zero-order chi connectivity index (χ0) is 20.7. The van der Waals surface area contributed by atoms with E-state index in [-0.39, 0.29) is 17.9 Å². The third-order valence-corrected chi connectivity index (χ3v) is 4.97. The fourth-order valence-electron chi connectivity index (χ4n) is 3.26. The first-order valence-electron chi connectivity index (χ1n) is 9.68. The minimum atomic E-state index is -0.709. The minimum Gasteiger partial charge on any atom is -0.387 e. The number of nitrogen functional groups attached to an aromatic ring is 1. The number of aromatic nitrogens is 6. The number of aromatic amines is 1. The molecule has 8 heteroatoms. The van der Waals surface area contributed by atoms with Crippen molar-refractivity contribution in [1.82, 2.24) is 29.7 Å². The van der Waals surface area contributed by atoms with Crippen LogP contribution in [0.1, 0.15) is 45.5 Å². The van der Waals surface area contributed by atoms with Gasteiger partial charge in [0.25, 0.3) is 0 Å². The molecule has 0 bridgehead atoms. The Morgan fingerprint density at radius 3 is 2.55 bits per heavy atom. The van der Waals surface area contributed by atoms with Gasteiger partial charge in [0.2, 0.25) is 5.95 Å². The first kappa shape index (κ1) is 19.1. The molecule has 29 heavy (non-hydrogen) atoms. The van der Waals surface area contributed by atoms with Crippen LogP contribution < -0.4 is 5.73 Å². The van der Waals surface area contributed by atoms with E-state index >= 15 is 0 Å². The summed E-state index contributed by atoms with van der Waals surface area (Å²) in [5.74, 6) is 0.153. The van der Waals surface area contributed by atoms with Gasteiger partial charge in [-0.05, 0) is 31.9 Å². The molecule has 4 heterocycles. The lowest BCUT2D eigenvalue weighted by atomic mass is 10.0. The van der Waals surface area contributed by atoms with Crippen molar-refractivity contribution in [3.8, 4) is 22.4 Å². The number of nitrogens with one attached hydrogen (secondary N) is 1. The van der Waals surface area contributed by atoms with Crippen LogP contribution in [0.25, 0.3) is 33.4 Å². The second-order valence-corrected chi connectivity index (χ2v) is 7.85. The van der Waals surface area contributed by atoms with E-state index in [0.29, 0.717) is 11.4 Å². The van der Waals surface area contributed by atoms with Crippen LogP contribution in [0.5, 0.6) is 0 Å². The Balaban J connectivity index is 1.81. The molecule has 0 spiro atoms. The molecule has 0 saturated heterocycles. The van der Waals surface area contributed by atoms with Crippen LogP contribution in [0.2, 0.25) is 0 Å². The number of H-pyrrole nitrogens is 1. The zero-order valence-electron chi connectivity index (χ0n) is 17.0. The van der Waals surface area contributed by atoms with E-state index in [1.807, 2.05) is 43.3 Å². The third kappa shape index (κ3) is 3.58. The summed E-state index contributed by atoms with van der Waals surface area (Å²) in [6.07, 6.45) is 6.83. The summed E-state index contributed by atoms with van der Waals surface area (Å²) >= 11 is 0. The maximum Gasteiger partial charge on any atom is 0.220 e. The van der Waals surface area contributed by atoms with Crippen molar-refractivity contribution in [2.75, 3.05) is 5.73 Å². The van der Waals surface area contributed by atoms with Crippen molar-refractivity contribution < 1.29 is 5.11 Å². The van der Waals surface area contributed by atoms with Gasteiger partial charge in [0.1, 0.15) is 5.65 Å². The largest absolute Gasteiger partial charge is 0.387 e. The molecule has 0 saturated carbocycles. The number of hydrogen-bond acceptors (Lipinski definition) is 6. The van der Waals surface area contributed by atoms with Gasteiger partial charge in [-0.3, -0.25) is 4.68 Å². The fourth-order valence-corrected chi connectivity index (χ4v) is 3.26. The van der Waals surface area contributed by atoms with Gasteiger partial charge in [-0.1, -0.05) is 13.8 Å². The van der Waals surface area contributed by atoms with Gasteiger partial charge in [-0.2, -0.15) is 5.10 Å². The van der Waals surface area contributed by atoms with Crippen molar-refractivity contribution in [2.24, 2.45) is 5.92 Å². The highest BCUT2D eigenvalue weighted by atomic mass is 16.3. The number of fused-ring (bicyclic) bond motifs is 1. The van der Waals surface area contributed by atoms with Crippen LogP contribution in [-0.2, 0) is 0 Å². The van der Waals surface area contributed by atoms with Gasteiger partial charge in [0, 0.05) is 46.7 Å². The summed E-state index contributed by atoms with van der Waals surface area (Å²) < 4.78 is 1.92. The normalized spacial score (nSPS) is 12.9. The molecule has 0 aliphatic heterocycles. The van der Waals surface area contributed by atoms with Crippen molar-refractivity contribution >= 4 is 17.0 Å². The lowest BCUT2D eigenvalue weighted by Gasteiger charge is -2.15. The maximum atomic E-state index is 10.4. The van der Waals surface area contributed by atoms with E-state index in [2.05, 4.69) is 44.9 Å². The van der Waals surface area contributed by atoms with Crippen LogP contribution in [0, 0.1) is 5.92 Å². The number of hydrogen-bond donors (Lipinski definition) is 3. The molecule has 150 valence electrons. The first-order chi connectivity index (χ1) is 13.8. The summed E-state index contributed by atoms with van der Waals surface area (Å²) in [7, 11) is 0. The molecular formula is C21H25N7O. The monoisotopic (exact) mass is 391 g/mol. The van der Waals surface area contributed by atoms with E-state index in [4.69, 9.17) is 5.73 Å². The smallest absolute Gasteiger partial charge is 0.220 e. The highest BCUT2D eigenvalue weighted by molar-refractivity contribution is 5.95. The predicted molar refractivity (Wildman–Crippen MR) is 113 cm³/mol. The molecule has 0 amide bonds. The van der Waals surface area contributed by atoms with Gasteiger partial charge < -0.3 is 15.8 Å². The predicted octanol–water partition coefficient (Wildman–Crippen LogP) is 3.74. The Hall–Kier alpha value is -3.26. The van der Waals surface area contributed by atoms with E-state index in [1.165, 1.54) is 0 Å². The zero-order valence-corrected chi connectivity index (χ0v) is 17.0. The summed E-state index contributed by atoms with van der Waals surface area (Å²) in [6.45, 7) is 8.04. The van der Waals surface area contributed by atoms with E-state index < -0.39 is 6.10 Å². The van der Waals surface area contributed by atoms with Crippen LogP contribution in [0.3, 0.4) is 0 Å². The average molecular weight is 391 g/mol. The Kier molecular flexibility index (Phi) is 4.79. The highest BCUT2D eigenvalue weighted by Gasteiger charge is 2.18. The van der Waals surface area contributed by atoms with E-state index in [9.17, 15) is 5.11 Å². The Labute approximate surface area is 168 Å². The van der Waals surface area contributed by atoms with Crippen molar-refractivity contribution in [1.29, 1.82) is 0 Å². The molecule has 0 aliphatic rings. The van der Waals surface area contributed by atoms with Crippen LogP contribution in [-0.4, -0.2) is 34.8 Å². The second-order valence-electron chi connectivity index (χ2n) is 7.85. The molecule has 1 unspecified atom stereocenters. The quantitative estimate of drug-likeness (QED) is 0.477. The van der Waals surface area contributed by atoms with Crippen LogP contribution in [0.15, 0.2) is 36.9 Å². The molecule has 0 fully saturated rings. The number of pyridine rings is 1. The van der Waals surface area contributed by atoms with Gasteiger partial charge >= 0.3 is 0 Å². The Bertz CT molecular complexity index is 1160. The average Bonchev–Trinajstić information content (AvgIpc) is 3.33. The Morgan fingerprint density at radius 2 is 1.86 bits per heavy atom. The van der Waals surface area contributed by atoms with Crippen LogP contribution >= 0.6 is 0 Å². The molecule has 0 aromatic carbocycles. The summed E-state index contributed by atoms with van der Waals surface area (Å²) in [5.41, 5.74) is 10.7. The van der Waals surface area contributed by atoms with Crippen molar-refractivity contribution in [3.05, 3.63) is 42.6 Å². The standard InChI is InChI=1S/C21H25N7O/c1-11(2)19(29)18-6-17(26-21(22)27-18)16-9-24-20-15(16)5-13(7-23-20)14-8-25-28(10-14)12(3)4/h5-12,19,29H,1-4H3,(H,23,24)(H2,22,26,27). The third-order valence-electron chi connectivity index (χ3n) is 4.97. The first-order valence-corrected chi connectivity index (χ1v) is 9.68. The van der Waals surface area contributed by atoms with Crippen LogP contribution in [0.4, 0.5) is 5.95 Å². The number of nitrogens with zero attached hydrogens (tertiary/aromatic N) is 5. The molecule has 1 atom stereocenters. The van der Waals surface area contributed by atoms with Gasteiger partial charge in [0.15, 0.2) is 0 Å². The van der Waals surface area contributed by atoms with Gasteiger partial charge in [0.05, 0.1) is 23.7 Å². The van der Waals surface area contributed by atoms with Crippen molar-refractivity contribution in [3.63, 3.8) is 0 Å². The lowest BCUT2D eigenvalue weighted by Crippen LogP contribution is -2.10. The summed E-state index contributed by atoms with van der Waals surface area (Å²) in [4.78, 5) is 16.3. The van der Waals surface area contributed by atoms with Crippen molar-refractivity contribution in [2.45, 2.75) is 39.8 Å². The summed E-state index contributed by atoms with van der Waals surface area (Å²) in [6, 6.07) is 4.14. The SMILES string of the molecule is CC(C)C(O)c1cc(-c2c[nH]c3ncc(-c4cnn(C(C)C)c4)cc23)nc(N)n1. The molecule has 4 rings (SSSR count). The number of nitrogens with two attached hydrogens (primary N) is 1. The van der Waals surface area contributed by atoms with E-state index in [0.717, 1.165) is 27.7 Å². The fraction of sp³-hybridized carbons (Fsp3) is 0.333. The molecule has 4 N–H and O–H groups in total. The van der Waals surface area contributed by atoms with Gasteiger partial charge in [-0.15, -0.1) is 0 Å². The molecule has 0 aliphatic carbocycles. The molecule has 0 radical (unpaired) electrons. The second kappa shape index (κ2) is 7.29. The topological polar surface area (TPSA) is 119 Å². The Morgan fingerprint density at radius 1 is 1.07 bits per heavy atom. The summed E-state index contributed by atoms with van der Waals surface area (Å²) in [5, 5.41) is 15.8. The molecular weight excluding hydrogens is 366 g/mol. The van der Waals surface area contributed by atoms with E-state index in [1.54, 1.807) is 6.07 Å². The highest BCUT2D eigenvalue weighted by Crippen LogP contribution is 2.32. The minimum absolute atomic E-state index is 0.0193. The molecule has 4 aromatic heterocycles. The number of anilines is 1. The van der Waals surface area contributed by atoms with Gasteiger partial charge in [-0.25, -0.2) is 15.0 Å². The molecule has 4 aromatic rings.